The Bertz CT molecular complexity index is 1370. The average molecular weight is 439 g/mol. The van der Waals surface area contributed by atoms with E-state index in [9.17, 15) is 14.0 Å². The van der Waals surface area contributed by atoms with Gasteiger partial charge in [-0.2, -0.15) is 9.61 Å². The van der Waals surface area contributed by atoms with Gasteiger partial charge in [-0.15, -0.1) is 5.10 Å². The molecule has 1 aliphatic rings. The van der Waals surface area contributed by atoms with Crippen molar-refractivity contribution in [1.29, 1.82) is 0 Å². The molecule has 1 aliphatic heterocycles. The molecule has 0 spiro atoms. The fourth-order valence-electron chi connectivity index (χ4n) is 3.01. The summed E-state index contributed by atoms with van der Waals surface area (Å²) in [5.74, 6) is 0.353. The van der Waals surface area contributed by atoms with E-state index in [0.29, 0.717) is 32.8 Å². The Morgan fingerprint density at radius 2 is 1.97 bits per heavy atom. The van der Waals surface area contributed by atoms with Gasteiger partial charge >= 0.3 is 5.69 Å². The zero-order chi connectivity index (χ0) is 21.4. The van der Waals surface area contributed by atoms with Crippen LogP contribution in [0.1, 0.15) is 0 Å². The summed E-state index contributed by atoms with van der Waals surface area (Å²) in [7, 11) is 0. The Hall–Kier alpha value is -3.86. The Morgan fingerprint density at radius 3 is 2.84 bits per heavy atom. The van der Waals surface area contributed by atoms with Crippen molar-refractivity contribution in [3.8, 4) is 11.5 Å². The second-order valence-electron chi connectivity index (χ2n) is 6.56. The first-order chi connectivity index (χ1) is 15.0. The highest BCUT2D eigenvalue weighted by molar-refractivity contribution is 7.99. The van der Waals surface area contributed by atoms with Crippen LogP contribution in [0, 0.1) is 5.82 Å². The van der Waals surface area contributed by atoms with Gasteiger partial charge in [0.05, 0.1) is 0 Å². The summed E-state index contributed by atoms with van der Waals surface area (Å²) in [6.07, 6.45) is 0. The number of carbonyl (C=O) groups is 1. The number of ether oxygens (including phenoxy) is 2. The molecule has 9 nitrogen and oxygen atoms in total. The lowest BCUT2D eigenvalue weighted by molar-refractivity contribution is -0.117. The van der Waals surface area contributed by atoms with Gasteiger partial charge in [0.25, 0.3) is 0 Å². The fraction of sp³-hybridized carbons (Fsp3) is 0.100. The topological polar surface area (TPSA) is 99.8 Å². The summed E-state index contributed by atoms with van der Waals surface area (Å²) in [6, 6.07) is 14.4. The lowest BCUT2D eigenvalue weighted by atomic mass is 10.3. The van der Waals surface area contributed by atoms with Gasteiger partial charge in [0.1, 0.15) is 17.4 Å². The maximum absolute atomic E-state index is 13.4. The zero-order valence-corrected chi connectivity index (χ0v) is 16.6. The van der Waals surface area contributed by atoms with E-state index in [4.69, 9.17) is 9.47 Å². The van der Waals surface area contributed by atoms with E-state index in [1.807, 2.05) is 0 Å². The number of anilines is 1. The molecule has 3 heterocycles. The zero-order valence-electron chi connectivity index (χ0n) is 15.8. The molecular formula is C20H14FN5O4S. The Morgan fingerprint density at radius 1 is 1.10 bits per heavy atom. The largest absolute Gasteiger partial charge is 0.454 e. The SMILES string of the molecule is O=C(Cn1nc2ccc(Sc3cccc(F)c3)nn2c1=O)Nc1ccc2c(c1)OCO2. The van der Waals surface area contributed by atoms with Crippen molar-refractivity contribution in [3.63, 3.8) is 0 Å². The van der Waals surface area contributed by atoms with E-state index >= 15 is 0 Å². The van der Waals surface area contributed by atoms with Gasteiger partial charge in [0.2, 0.25) is 12.7 Å². The second-order valence-corrected chi connectivity index (χ2v) is 7.65. The molecule has 0 aliphatic carbocycles. The van der Waals surface area contributed by atoms with Crippen LogP contribution in [-0.4, -0.2) is 32.1 Å². The molecule has 156 valence electrons. The van der Waals surface area contributed by atoms with E-state index in [2.05, 4.69) is 15.5 Å². The van der Waals surface area contributed by atoms with Crippen LogP contribution < -0.4 is 20.5 Å². The molecule has 0 saturated heterocycles. The predicted molar refractivity (Wildman–Crippen MR) is 109 cm³/mol. The number of amides is 1. The summed E-state index contributed by atoms with van der Waals surface area (Å²) in [6.45, 7) is -0.154. The van der Waals surface area contributed by atoms with E-state index in [0.717, 1.165) is 9.20 Å². The first kappa shape index (κ1) is 19.1. The van der Waals surface area contributed by atoms with Crippen molar-refractivity contribution >= 4 is 29.0 Å². The highest BCUT2D eigenvalue weighted by Gasteiger charge is 2.16. The number of nitrogens with one attached hydrogen (secondary N) is 1. The third-order valence-electron chi connectivity index (χ3n) is 4.38. The molecule has 0 bridgehead atoms. The van der Waals surface area contributed by atoms with Crippen LogP contribution >= 0.6 is 11.8 Å². The fourth-order valence-corrected chi connectivity index (χ4v) is 3.83. The number of halogens is 1. The molecule has 1 N–H and O–H groups in total. The van der Waals surface area contributed by atoms with E-state index in [1.165, 1.54) is 23.9 Å². The number of hydrogen-bond donors (Lipinski definition) is 1. The van der Waals surface area contributed by atoms with Crippen LogP contribution in [0.2, 0.25) is 0 Å². The van der Waals surface area contributed by atoms with Crippen LogP contribution in [0.15, 0.2) is 69.3 Å². The van der Waals surface area contributed by atoms with Gasteiger partial charge in [-0.1, -0.05) is 17.8 Å². The summed E-state index contributed by atoms with van der Waals surface area (Å²) in [4.78, 5) is 25.7. The van der Waals surface area contributed by atoms with Crippen LogP contribution in [0.3, 0.4) is 0 Å². The van der Waals surface area contributed by atoms with E-state index < -0.39 is 11.6 Å². The van der Waals surface area contributed by atoms with Gasteiger partial charge in [-0.25, -0.2) is 13.9 Å². The Kier molecular flexibility index (Phi) is 4.79. The predicted octanol–water partition coefficient (Wildman–Crippen LogP) is 2.55. The minimum absolute atomic E-state index is 0.135. The van der Waals surface area contributed by atoms with E-state index in [-0.39, 0.29) is 19.2 Å². The first-order valence-electron chi connectivity index (χ1n) is 9.15. The number of aromatic nitrogens is 4. The Labute approximate surface area is 178 Å². The number of carbonyl (C=O) groups excluding carboxylic acids is 1. The monoisotopic (exact) mass is 439 g/mol. The molecule has 0 unspecified atom stereocenters. The van der Waals surface area contributed by atoms with Crippen LogP contribution in [0.4, 0.5) is 10.1 Å². The molecule has 0 radical (unpaired) electrons. The standard InChI is InChI=1S/C20H14FN5O4S/c21-12-2-1-3-14(8-12)31-19-7-6-17-23-25(20(28)26(17)24-19)10-18(27)22-13-4-5-15-16(9-13)30-11-29-15/h1-9H,10-11H2,(H,22,27). The maximum Gasteiger partial charge on any atom is 0.367 e. The van der Waals surface area contributed by atoms with Gasteiger partial charge in [-0.05, 0) is 42.5 Å². The van der Waals surface area contributed by atoms with Crippen molar-refractivity contribution in [2.75, 3.05) is 12.1 Å². The highest BCUT2D eigenvalue weighted by atomic mass is 32.2. The average Bonchev–Trinajstić information content (AvgIpc) is 3.32. The van der Waals surface area contributed by atoms with Crippen molar-refractivity contribution in [2.24, 2.45) is 0 Å². The number of hydrogen-bond acceptors (Lipinski definition) is 7. The number of rotatable bonds is 5. The quantitative estimate of drug-likeness (QED) is 0.510. The highest BCUT2D eigenvalue weighted by Crippen LogP contribution is 2.34. The van der Waals surface area contributed by atoms with Gasteiger partial charge in [0.15, 0.2) is 17.1 Å². The Balaban J connectivity index is 1.33. The van der Waals surface area contributed by atoms with Crippen molar-refractivity contribution in [2.45, 2.75) is 16.5 Å². The van der Waals surface area contributed by atoms with Crippen LogP contribution in [0.25, 0.3) is 5.65 Å². The number of nitrogens with zero attached hydrogens (tertiary/aromatic N) is 4. The molecule has 5 rings (SSSR count). The van der Waals surface area contributed by atoms with Crippen molar-refractivity contribution in [1.82, 2.24) is 19.4 Å². The molecule has 0 atom stereocenters. The molecular weight excluding hydrogens is 425 g/mol. The van der Waals surface area contributed by atoms with Gasteiger partial charge < -0.3 is 14.8 Å². The molecule has 2 aromatic carbocycles. The van der Waals surface area contributed by atoms with Crippen molar-refractivity contribution < 1.29 is 18.7 Å². The smallest absolute Gasteiger partial charge is 0.367 e. The molecule has 1 amide bonds. The molecule has 0 saturated carbocycles. The molecule has 4 aromatic rings. The maximum atomic E-state index is 13.4. The molecule has 0 fully saturated rings. The van der Waals surface area contributed by atoms with E-state index in [1.54, 1.807) is 42.5 Å². The van der Waals surface area contributed by atoms with Gasteiger partial charge in [0, 0.05) is 16.6 Å². The minimum atomic E-state index is -0.558. The molecule has 31 heavy (non-hydrogen) atoms. The second kappa shape index (κ2) is 7.76. The molecule has 2 aromatic heterocycles. The summed E-state index contributed by atoms with van der Waals surface area (Å²) < 4.78 is 26.0. The lowest BCUT2D eigenvalue weighted by Gasteiger charge is -2.05. The van der Waals surface area contributed by atoms with Crippen LogP contribution in [0.5, 0.6) is 11.5 Å². The summed E-state index contributed by atoms with van der Waals surface area (Å²) in [5, 5.41) is 11.6. The van der Waals surface area contributed by atoms with Crippen LogP contribution in [-0.2, 0) is 11.3 Å². The van der Waals surface area contributed by atoms with Crippen molar-refractivity contribution in [3.05, 3.63) is 70.9 Å². The number of benzene rings is 2. The third-order valence-corrected chi connectivity index (χ3v) is 5.30. The normalized spacial score (nSPS) is 12.3. The first-order valence-corrected chi connectivity index (χ1v) is 9.97. The summed E-state index contributed by atoms with van der Waals surface area (Å²) in [5.41, 5.74) is 0.250. The lowest BCUT2D eigenvalue weighted by Crippen LogP contribution is -2.28. The minimum Gasteiger partial charge on any atom is -0.454 e. The van der Waals surface area contributed by atoms with Gasteiger partial charge in [-0.3, -0.25) is 4.79 Å². The summed E-state index contributed by atoms with van der Waals surface area (Å²) >= 11 is 1.21. The molecule has 11 heteroatoms. The third kappa shape index (κ3) is 3.94. The number of fused-ring (bicyclic) bond motifs is 2.